The number of benzene rings is 1. The normalized spacial score (nSPS) is 15.6. The number of anilines is 1. The Morgan fingerprint density at radius 2 is 1.70 bits per heavy atom. The van der Waals surface area contributed by atoms with Crippen LogP contribution in [0.4, 0.5) is 5.95 Å². The third kappa shape index (κ3) is 5.13. The molecule has 1 fully saturated rings. The van der Waals surface area contributed by atoms with Crippen LogP contribution in [-0.2, 0) is 9.59 Å². The lowest BCUT2D eigenvalue weighted by molar-refractivity contribution is -0.135. The lowest BCUT2D eigenvalue weighted by Gasteiger charge is -2.35. The molecule has 1 aromatic carbocycles. The van der Waals surface area contributed by atoms with E-state index in [1.54, 1.807) is 36.4 Å². The molecule has 3 rings (SSSR count). The van der Waals surface area contributed by atoms with Gasteiger partial charge in [0.15, 0.2) is 0 Å². The topological polar surface area (TPSA) is 78.4 Å². The zero-order valence-electron chi connectivity index (χ0n) is 15.3. The van der Waals surface area contributed by atoms with Crippen molar-refractivity contribution in [3.63, 3.8) is 0 Å². The van der Waals surface area contributed by atoms with Crippen LogP contribution >= 0.6 is 0 Å². The minimum absolute atomic E-state index is 0.0786. The largest absolute Gasteiger partial charge is 0.341 e. The minimum atomic E-state index is -0.572. The summed E-state index contributed by atoms with van der Waals surface area (Å²) in [5.41, 5.74) is 0.936. The number of piperazine rings is 1. The summed E-state index contributed by atoms with van der Waals surface area (Å²) in [5.74, 6) is 0.318. The molecule has 0 saturated carbocycles. The van der Waals surface area contributed by atoms with Crippen molar-refractivity contribution < 1.29 is 9.59 Å². The van der Waals surface area contributed by atoms with Crippen molar-refractivity contribution in [3.05, 3.63) is 60.4 Å². The third-order valence-corrected chi connectivity index (χ3v) is 4.38. The molecule has 2 amide bonds. The molecular weight excluding hydrogens is 342 g/mol. The molecule has 1 aromatic heterocycles. The highest BCUT2D eigenvalue weighted by atomic mass is 16.2. The van der Waals surface area contributed by atoms with E-state index >= 15 is 0 Å². The summed E-state index contributed by atoms with van der Waals surface area (Å²) in [6.45, 7) is 4.21. The summed E-state index contributed by atoms with van der Waals surface area (Å²) in [6, 6.07) is 10.8. The Morgan fingerprint density at radius 1 is 1.04 bits per heavy atom. The number of nitrogens with zero attached hydrogens (tertiary/aromatic N) is 4. The van der Waals surface area contributed by atoms with Crippen LogP contribution in [0.5, 0.6) is 0 Å². The summed E-state index contributed by atoms with van der Waals surface area (Å²) in [6.07, 6.45) is 6.59. The van der Waals surface area contributed by atoms with Gasteiger partial charge in [-0.15, -0.1) is 0 Å². The predicted octanol–water partition coefficient (Wildman–Crippen LogP) is 1.34. The summed E-state index contributed by atoms with van der Waals surface area (Å²) in [4.78, 5) is 36.9. The monoisotopic (exact) mass is 365 g/mol. The van der Waals surface area contributed by atoms with E-state index in [0.717, 1.165) is 5.56 Å². The summed E-state index contributed by atoms with van der Waals surface area (Å²) >= 11 is 0. The molecular formula is C20H23N5O2. The van der Waals surface area contributed by atoms with E-state index in [9.17, 15) is 9.59 Å². The van der Waals surface area contributed by atoms with Gasteiger partial charge in [0, 0.05) is 44.6 Å². The molecule has 2 aromatic rings. The van der Waals surface area contributed by atoms with Crippen LogP contribution in [0.2, 0.25) is 0 Å². The molecule has 1 unspecified atom stereocenters. The smallest absolute Gasteiger partial charge is 0.244 e. The summed E-state index contributed by atoms with van der Waals surface area (Å²) in [7, 11) is 0. The average Bonchev–Trinajstić information content (AvgIpc) is 2.73. The van der Waals surface area contributed by atoms with E-state index in [0.29, 0.717) is 32.1 Å². The maximum absolute atomic E-state index is 12.6. The van der Waals surface area contributed by atoms with Crippen molar-refractivity contribution >= 4 is 23.8 Å². The van der Waals surface area contributed by atoms with Crippen molar-refractivity contribution in [1.82, 2.24) is 20.2 Å². The first kappa shape index (κ1) is 18.6. The Morgan fingerprint density at radius 3 is 2.37 bits per heavy atom. The second kappa shape index (κ2) is 8.93. The zero-order valence-corrected chi connectivity index (χ0v) is 15.3. The molecule has 140 valence electrons. The Labute approximate surface area is 158 Å². The van der Waals surface area contributed by atoms with Crippen molar-refractivity contribution in [2.75, 3.05) is 31.1 Å². The van der Waals surface area contributed by atoms with Crippen LogP contribution in [0.1, 0.15) is 12.5 Å². The molecule has 1 aliphatic heterocycles. The maximum Gasteiger partial charge on any atom is 0.244 e. The van der Waals surface area contributed by atoms with Gasteiger partial charge in [0.2, 0.25) is 17.8 Å². The molecule has 7 heteroatoms. The van der Waals surface area contributed by atoms with Crippen LogP contribution < -0.4 is 10.2 Å². The van der Waals surface area contributed by atoms with Gasteiger partial charge >= 0.3 is 0 Å². The molecule has 7 nitrogen and oxygen atoms in total. The standard InChI is InChI=1S/C20H23N5O2/c1-16(23-18(26)9-8-17-6-3-2-4-7-17)19(27)24-12-14-25(15-13-24)20-21-10-5-11-22-20/h2-11,16H,12-15H2,1H3,(H,23,26)/b9-8+. The summed E-state index contributed by atoms with van der Waals surface area (Å²) in [5, 5.41) is 2.73. The highest BCUT2D eigenvalue weighted by Crippen LogP contribution is 2.10. The molecule has 2 heterocycles. The Hall–Kier alpha value is -3.22. The lowest BCUT2D eigenvalue weighted by atomic mass is 10.2. The molecule has 1 saturated heterocycles. The fourth-order valence-corrected chi connectivity index (χ4v) is 2.91. The van der Waals surface area contributed by atoms with Gasteiger partial charge in [0.25, 0.3) is 0 Å². The van der Waals surface area contributed by atoms with Crippen molar-refractivity contribution in [3.8, 4) is 0 Å². The van der Waals surface area contributed by atoms with E-state index in [2.05, 4.69) is 20.2 Å². The van der Waals surface area contributed by atoms with Gasteiger partial charge in [-0.3, -0.25) is 9.59 Å². The van der Waals surface area contributed by atoms with Gasteiger partial charge in [0.1, 0.15) is 6.04 Å². The number of carbonyl (C=O) groups is 2. The van der Waals surface area contributed by atoms with Gasteiger partial charge < -0.3 is 15.1 Å². The van der Waals surface area contributed by atoms with E-state index in [1.165, 1.54) is 6.08 Å². The van der Waals surface area contributed by atoms with Crippen LogP contribution in [0, 0.1) is 0 Å². The van der Waals surface area contributed by atoms with Crippen molar-refractivity contribution in [1.29, 1.82) is 0 Å². The summed E-state index contributed by atoms with van der Waals surface area (Å²) < 4.78 is 0. The number of hydrogen-bond acceptors (Lipinski definition) is 5. The third-order valence-electron chi connectivity index (χ3n) is 4.38. The fraction of sp³-hybridized carbons (Fsp3) is 0.300. The number of nitrogens with one attached hydrogen (secondary N) is 1. The number of carbonyl (C=O) groups excluding carboxylic acids is 2. The number of hydrogen-bond donors (Lipinski definition) is 1. The zero-order chi connectivity index (χ0) is 19.1. The van der Waals surface area contributed by atoms with E-state index < -0.39 is 6.04 Å². The van der Waals surface area contributed by atoms with E-state index in [-0.39, 0.29) is 11.8 Å². The van der Waals surface area contributed by atoms with Gasteiger partial charge in [-0.05, 0) is 24.6 Å². The van der Waals surface area contributed by atoms with Gasteiger partial charge in [-0.25, -0.2) is 9.97 Å². The fourth-order valence-electron chi connectivity index (χ4n) is 2.91. The number of rotatable bonds is 5. The first-order valence-electron chi connectivity index (χ1n) is 8.98. The van der Waals surface area contributed by atoms with Crippen molar-refractivity contribution in [2.24, 2.45) is 0 Å². The number of amides is 2. The molecule has 0 bridgehead atoms. The average molecular weight is 365 g/mol. The highest BCUT2D eigenvalue weighted by molar-refractivity contribution is 5.95. The molecule has 1 N–H and O–H groups in total. The number of aromatic nitrogens is 2. The molecule has 1 aliphatic rings. The Bertz CT molecular complexity index is 787. The second-order valence-electron chi connectivity index (χ2n) is 6.34. The van der Waals surface area contributed by atoms with Crippen molar-refractivity contribution in [2.45, 2.75) is 13.0 Å². The molecule has 0 radical (unpaired) electrons. The van der Waals surface area contributed by atoms with E-state index in [1.807, 2.05) is 30.3 Å². The maximum atomic E-state index is 12.6. The minimum Gasteiger partial charge on any atom is -0.341 e. The Kier molecular flexibility index (Phi) is 6.14. The predicted molar refractivity (Wildman–Crippen MR) is 104 cm³/mol. The van der Waals surface area contributed by atoms with Gasteiger partial charge in [0.05, 0.1) is 0 Å². The first-order valence-corrected chi connectivity index (χ1v) is 8.98. The highest BCUT2D eigenvalue weighted by Gasteiger charge is 2.26. The van der Waals surface area contributed by atoms with Crippen LogP contribution in [0.15, 0.2) is 54.9 Å². The molecule has 0 aliphatic carbocycles. The molecule has 27 heavy (non-hydrogen) atoms. The molecule has 0 spiro atoms. The SMILES string of the molecule is CC(NC(=O)/C=C/c1ccccc1)C(=O)N1CCN(c2ncccn2)CC1. The quantitative estimate of drug-likeness (QED) is 0.809. The van der Waals surface area contributed by atoms with Crippen LogP contribution in [-0.4, -0.2) is 58.9 Å². The Balaban J connectivity index is 1.48. The van der Waals surface area contributed by atoms with Gasteiger partial charge in [-0.1, -0.05) is 30.3 Å². The molecule has 1 atom stereocenters. The van der Waals surface area contributed by atoms with E-state index in [4.69, 9.17) is 0 Å². The van der Waals surface area contributed by atoms with Crippen LogP contribution in [0.3, 0.4) is 0 Å². The van der Waals surface area contributed by atoms with Crippen LogP contribution in [0.25, 0.3) is 6.08 Å². The lowest BCUT2D eigenvalue weighted by Crippen LogP contribution is -2.54. The van der Waals surface area contributed by atoms with Gasteiger partial charge in [-0.2, -0.15) is 0 Å². The second-order valence-corrected chi connectivity index (χ2v) is 6.34. The first-order chi connectivity index (χ1) is 13.1.